The molecular weight excluding hydrogens is 786 g/mol. The van der Waals surface area contributed by atoms with Crippen LogP contribution in [0.3, 0.4) is 0 Å². The first-order valence-electron chi connectivity index (χ1n) is 19.5. The van der Waals surface area contributed by atoms with E-state index >= 15 is 0 Å². The molecule has 0 saturated heterocycles. The molecule has 0 aliphatic rings. The maximum absolute atomic E-state index is 13.8. The molecule has 0 saturated carbocycles. The highest BCUT2D eigenvalue weighted by Crippen LogP contribution is 2.10. The van der Waals surface area contributed by atoms with Gasteiger partial charge in [-0.15, -0.1) is 0 Å². The van der Waals surface area contributed by atoms with Crippen molar-refractivity contribution in [3.05, 3.63) is 35.9 Å². The minimum Gasteiger partial charge on any atom is -0.481 e. The van der Waals surface area contributed by atoms with Crippen molar-refractivity contribution < 1.29 is 53.4 Å². The van der Waals surface area contributed by atoms with Crippen molar-refractivity contribution in [2.45, 2.75) is 122 Å². The van der Waals surface area contributed by atoms with Gasteiger partial charge in [0.15, 0.2) is 5.96 Å². The van der Waals surface area contributed by atoms with Crippen LogP contribution in [0, 0.1) is 11.8 Å². The van der Waals surface area contributed by atoms with Crippen LogP contribution in [0.1, 0.15) is 78.7 Å². The fraction of sp³-hybridized carbons (Fsp3) is 0.579. The van der Waals surface area contributed by atoms with E-state index in [1.165, 1.54) is 6.92 Å². The second-order valence-corrected chi connectivity index (χ2v) is 14.8. The van der Waals surface area contributed by atoms with Gasteiger partial charge in [0.25, 0.3) is 0 Å². The fourth-order valence-electron chi connectivity index (χ4n) is 5.59. The normalized spacial score (nSPS) is 14.9. The fourth-order valence-corrected chi connectivity index (χ4v) is 5.59. The summed E-state index contributed by atoms with van der Waals surface area (Å²) in [6.45, 7) is 8.57. The lowest BCUT2D eigenvalue weighted by molar-refractivity contribution is -0.142. The molecule has 1 aromatic rings. The molecule has 0 bridgehead atoms. The van der Waals surface area contributed by atoms with E-state index in [1.807, 2.05) is 6.92 Å². The zero-order valence-corrected chi connectivity index (χ0v) is 34.6. The van der Waals surface area contributed by atoms with Gasteiger partial charge in [-0.2, -0.15) is 0 Å². The van der Waals surface area contributed by atoms with Gasteiger partial charge in [0.05, 0.1) is 18.9 Å². The van der Waals surface area contributed by atoms with Crippen molar-refractivity contribution in [1.82, 2.24) is 31.9 Å². The number of guanidine groups is 1. The van der Waals surface area contributed by atoms with E-state index in [4.69, 9.17) is 22.9 Å². The summed E-state index contributed by atoms with van der Waals surface area (Å²) in [4.78, 5) is 120. The molecule has 0 radical (unpaired) electrons. The average Bonchev–Trinajstić information content (AvgIpc) is 3.16. The Balaban J connectivity index is 3.37. The van der Waals surface area contributed by atoms with Crippen molar-refractivity contribution in [2.75, 3.05) is 6.54 Å². The van der Waals surface area contributed by atoms with Gasteiger partial charge in [0, 0.05) is 13.0 Å². The number of nitrogens with two attached hydrogens (primary N) is 4. The van der Waals surface area contributed by atoms with Crippen molar-refractivity contribution >= 4 is 59.2 Å². The molecule has 22 heteroatoms. The van der Waals surface area contributed by atoms with Crippen LogP contribution < -0.4 is 54.8 Å². The summed E-state index contributed by atoms with van der Waals surface area (Å²) in [5, 5.41) is 33.7. The summed E-state index contributed by atoms with van der Waals surface area (Å²) in [6, 6.07) is -1.74. The third kappa shape index (κ3) is 19.4. The molecule has 0 heterocycles. The molecule has 1 aromatic carbocycles. The van der Waals surface area contributed by atoms with Crippen LogP contribution in [-0.4, -0.2) is 118 Å². The van der Waals surface area contributed by atoms with E-state index in [1.54, 1.807) is 51.1 Å². The number of aliphatic carboxylic acids is 2. The number of benzene rings is 1. The maximum atomic E-state index is 13.8. The monoisotopic (exact) mass is 847 g/mol. The van der Waals surface area contributed by atoms with Crippen LogP contribution in [0.2, 0.25) is 0 Å². The number of carbonyl (C=O) groups is 9. The van der Waals surface area contributed by atoms with Gasteiger partial charge in [0.1, 0.15) is 36.3 Å². The molecule has 0 aliphatic carbocycles. The number of rotatable bonds is 27. The Kier molecular flexibility index (Phi) is 22.3. The lowest BCUT2D eigenvalue weighted by Crippen LogP contribution is -2.60. The SMILES string of the molecule is CC[C@H](C)[C@H](N)C(=O)N[C@@H](C)C(=O)N[C@@H](CC(C)C)C(=O)N[C@@H](CC(=O)O)C(=O)N[C@@H](Cc1ccccc1)C(=O)N[C@@H](CC(N)=O)C(=O)N[C@@H](CCCN=C(N)N)C(=O)O. The van der Waals surface area contributed by atoms with Gasteiger partial charge in [-0.1, -0.05) is 64.4 Å². The highest BCUT2D eigenvalue weighted by atomic mass is 16.4. The van der Waals surface area contributed by atoms with Gasteiger partial charge in [-0.3, -0.25) is 43.3 Å². The second kappa shape index (κ2) is 25.9. The largest absolute Gasteiger partial charge is 0.481 e. The van der Waals surface area contributed by atoms with Crippen molar-refractivity contribution in [2.24, 2.45) is 39.8 Å². The van der Waals surface area contributed by atoms with Gasteiger partial charge in [-0.25, -0.2) is 4.79 Å². The Bertz CT molecular complexity index is 1690. The Morgan fingerprint density at radius 2 is 1.15 bits per heavy atom. The van der Waals surface area contributed by atoms with Crippen LogP contribution >= 0.6 is 0 Å². The van der Waals surface area contributed by atoms with Gasteiger partial charge < -0.3 is 65.0 Å². The van der Waals surface area contributed by atoms with Crippen LogP contribution in [-0.2, 0) is 49.6 Å². The van der Waals surface area contributed by atoms with Crippen LogP contribution in [0.4, 0.5) is 0 Å². The number of hydrogen-bond donors (Lipinski definition) is 12. The summed E-state index contributed by atoms with van der Waals surface area (Å²) in [7, 11) is 0. The van der Waals surface area contributed by atoms with E-state index in [2.05, 4.69) is 36.9 Å². The lowest BCUT2D eigenvalue weighted by atomic mass is 9.99. The maximum Gasteiger partial charge on any atom is 0.326 e. The number of carboxylic acids is 2. The van der Waals surface area contributed by atoms with E-state index in [-0.39, 0.29) is 50.0 Å². The van der Waals surface area contributed by atoms with Gasteiger partial charge >= 0.3 is 11.9 Å². The Morgan fingerprint density at radius 3 is 1.65 bits per heavy atom. The summed E-state index contributed by atoms with van der Waals surface area (Å²) in [5.41, 5.74) is 22.4. The molecular formula is C38H61N11O11. The molecule has 60 heavy (non-hydrogen) atoms. The average molecular weight is 848 g/mol. The Hall–Kier alpha value is -6.32. The number of hydrogen-bond acceptors (Lipinski definition) is 11. The molecule has 1 rings (SSSR count). The number of nitrogens with zero attached hydrogens (tertiary/aromatic N) is 1. The third-order valence-electron chi connectivity index (χ3n) is 9.18. The highest BCUT2D eigenvalue weighted by Gasteiger charge is 2.35. The van der Waals surface area contributed by atoms with Crippen LogP contribution in [0.5, 0.6) is 0 Å². The molecule has 0 fully saturated rings. The molecule has 334 valence electrons. The molecule has 0 aliphatic heterocycles. The predicted molar refractivity (Wildman–Crippen MR) is 218 cm³/mol. The molecule has 7 amide bonds. The summed E-state index contributed by atoms with van der Waals surface area (Å²) >= 11 is 0. The number of amides is 7. The standard InChI is InChI=1S/C38H61N11O11/c1-6-20(4)30(40)36(58)44-21(5)31(53)46-24(15-19(2)3)32(54)49-27(18-29(51)52)35(57)47-25(16-22-11-8-7-9-12-22)33(55)48-26(17-28(39)50)34(56)45-23(37(59)60)13-10-14-43-38(41)42/h7-9,11-12,19-21,23-27,30H,6,10,13-18,40H2,1-5H3,(H2,39,50)(H,44,58)(H,45,56)(H,46,53)(H,47,57)(H,48,55)(H,49,54)(H,51,52)(H,59,60)(H4,41,42,43)/t20-,21-,23-,24-,25-,26-,27-,30-/m0/s1. The number of carbonyl (C=O) groups excluding carboxylic acids is 7. The topological polar surface area (TPSA) is 383 Å². The smallest absolute Gasteiger partial charge is 0.326 e. The first-order chi connectivity index (χ1) is 28.0. The summed E-state index contributed by atoms with van der Waals surface area (Å²) in [5.74, 6) is -10.2. The van der Waals surface area contributed by atoms with Gasteiger partial charge in [0.2, 0.25) is 41.4 Å². The Labute approximate surface area is 348 Å². The molecule has 16 N–H and O–H groups in total. The van der Waals surface area contributed by atoms with Crippen molar-refractivity contribution in [3.8, 4) is 0 Å². The number of primary amides is 1. The lowest BCUT2D eigenvalue weighted by Gasteiger charge is -2.27. The van der Waals surface area contributed by atoms with Crippen LogP contribution in [0.25, 0.3) is 0 Å². The highest BCUT2D eigenvalue weighted by molar-refractivity contribution is 5.98. The van der Waals surface area contributed by atoms with E-state index < -0.39 is 108 Å². The number of nitrogens with one attached hydrogen (secondary N) is 6. The minimum atomic E-state index is -1.81. The van der Waals surface area contributed by atoms with E-state index in [9.17, 15) is 53.4 Å². The number of aliphatic imine (C=N–C) groups is 1. The molecule has 22 nitrogen and oxygen atoms in total. The molecule has 0 unspecified atom stereocenters. The predicted octanol–water partition coefficient (Wildman–Crippen LogP) is -2.93. The van der Waals surface area contributed by atoms with Crippen molar-refractivity contribution in [3.63, 3.8) is 0 Å². The number of carboxylic acid groups (broad SMARTS) is 2. The van der Waals surface area contributed by atoms with E-state index in [0.717, 1.165) is 0 Å². The zero-order chi connectivity index (χ0) is 45.7. The van der Waals surface area contributed by atoms with Crippen molar-refractivity contribution in [1.29, 1.82) is 0 Å². The first kappa shape index (κ1) is 51.7. The molecule has 0 spiro atoms. The minimum absolute atomic E-state index is 0.0351. The zero-order valence-electron chi connectivity index (χ0n) is 34.6. The third-order valence-corrected chi connectivity index (χ3v) is 9.18. The van der Waals surface area contributed by atoms with Crippen LogP contribution in [0.15, 0.2) is 35.3 Å². The quantitative estimate of drug-likeness (QED) is 0.0240. The Morgan fingerprint density at radius 1 is 0.650 bits per heavy atom. The molecule has 8 atom stereocenters. The van der Waals surface area contributed by atoms with Gasteiger partial charge in [-0.05, 0) is 43.6 Å². The second-order valence-electron chi connectivity index (χ2n) is 14.8. The summed E-state index contributed by atoms with van der Waals surface area (Å²) in [6.07, 6.45) is -1.34. The first-order valence-corrected chi connectivity index (χ1v) is 19.5. The molecule has 0 aromatic heterocycles. The summed E-state index contributed by atoms with van der Waals surface area (Å²) < 4.78 is 0. The van der Waals surface area contributed by atoms with E-state index in [0.29, 0.717) is 12.0 Å².